The first-order chi connectivity index (χ1) is 8.13. The zero-order valence-corrected chi connectivity index (χ0v) is 10.9. The topological polar surface area (TPSA) is 58.2 Å². The summed E-state index contributed by atoms with van der Waals surface area (Å²) >= 11 is 0. The Morgan fingerprint density at radius 1 is 1.53 bits per heavy atom. The predicted molar refractivity (Wildman–Crippen MR) is 67.5 cm³/mol. The van der Waals surface area contributed by atoms with E-state index in [-0.39, 0.29) is 23.8 Å². The van der Waals surface area contributed by atoms with Gasteiger partial charge in [-0.05, 0) is 19.8 Å². The number of unbranched alkanes of at least 4 members (excludes halogenated alkanes) is 2. The van der Waals surface area contributed by atoms with Gasteiger partial charge in [0.15, 0.2) is 0 Å². The molecule has 1 aliphatic heterocycles. The summed E-state index contributed by atoms with van der Waals surface area (Å²) in [7, 11) is 0. The van der Waals surface area contributed by atoms with E-state index in [2.05, 4.69) is 24.5 Å². The first-order valence-corrected chi connectivity index (χ1v) is 6.70. The molecule has 0 radical (unpaired) electrons. The Morgan fingerprint density at radius 3 is 2.88 bits per heavy atom. The van der Waals surface area contributed by atoms with Crippen LogP contribution in [0.4, 0.5) is 0 Å². The highest BCUT2D eigenvalue weighted by atomic mass is 16.2. The average molecular weight is 240 g/mol. The lowest BCUT2D eigenvalue weighted by atomic mass is 9.97. The third-order valence-corrected chi connectivity index (χ3v) is 3.27. The Bertz CT molecular complexity index is 256. The van der Waals surface area contributed by atoms with Crippen LogP contribution in [0.3, 0.4) is 0 Å². The van der Waals surface area contributed by atoms with Crippen molar-refractivity contribution in [1.29, 1.82) is 0 Å². The first-order valence-electron chi connectivity index (χ1n) is 6.70. The van der Waals surface area contributed by atoms with Crippen LogP contribution in [0, 0.1) is 5.92 Å². The molecule has 0 aromatic heterocycles. The van der Waals surface area contributed by atoms with Crippen LogP contribution < -0.4 is 10.6 Å². The number of nitrogens with one attached hydrogen (secondary N) is 2. The second-order valence-corrected chi connectivity index (χ2v) is 4.95. The van der Waals surface area contributed by atoms with Crippen LogP contribution in [0.1, 0.15) is 52.4 Å². The molecule has 0 bridgehead atoms. The maximum absolute atomic E-state index is 11.9. The molecule has 1 fully saturated rings. The van der Waals surface area contributed by atoms with Gasteiger partial charge in [-0.3, -0.25) is 9.59 Å². The van der Waals surface area contributed by atoms with E-state index in [9.17, 15) is 9.59 Å². The quantitative estimate of drug-likeness (QED) is 0.693. The highest BCUT2D eigenvalue weighted by Crippen LogP contribution is 2.12. The summed E-state index contributed by atoms with van der Waals surface area (Å²) in [6.07, 6.45) is 5.79. The highest BCUT2D eigenvalue weighted by Gasteiger charge is 2.24. The molecular weight excluding hydrogens is 216 g/mol. The van der Waals surface area contributed by atoms with E-state index in [1.54, 1.807) is 0 Å². The fourth-order valence-electron chi connectivity index (χ4n) is 2.09. The normalized spacial score (nSPS) is 21.8. The molecule has 1 aliphatic rings. The molecule has 0 aromatic carbocycles. The Balaban J connectivity index is 2.21. The van der Waals surface area contributed by atoms with Gasteiger partial charge in [0.25, 0.3) is 0 Å². The van der Waals surface area contributed by atoms with E-state index in [0.717, 1.165) is 6.42 Å². The van der Waals surface area contributed by atoms with Crippen molar-refractivity contribution in [1.82, 2.24) is 10.6 Å². The Labute approximate surface area is 104 Å². The van der Waals surface area contributed by atoms with Crippen LogP contribution >= 0.6 is 0 Å². The van der Waals surface area contributed by atoms with Gasteiger partial charge in [0.05, 0.1) is 5.92 Å². The lowest BCUT2D eigenvalue weighted by molar-refractivity contribution is -0.129. The minimum Gasteiger partial charge on any atom is -0.355 e. The van der Waals surface area contributed by atoms with E-state index >= 15 is 0 Å². The van der Waals surface area contributed by atoms with Gasteiger partial charge in [0.2, 0.25) is 11.8 Å². The summed E-state index contributed by atoms with van der Waals surface area (Å²) in [6.45, 7) is 4.72. The number of carbonyl (C=O) groups excluding carboxylic acids is 2. The number of hydrogen-bond donors (Lipinski definition) is 2. The molecule has 1 rings (SSSR count). The third kappa shape index (κ3) is 5.20. The van der Waals surface area contributed by atoms with Gasteiger partial charge in [-0.2, -0.15) is 0 Å². The van der Waals surface area contributed by atoms with Gasteiger partial charge in [0.1, 0.15) is 0 Å². The summed E-state index contributed by atoms with van der Waals surface area (Å²) < 4.78 is 0. The van der Waals surface area contributed by atoms with Crippen molar-refractivity contribution in [2.75, 3.05) is 6.54 Å². The van der Waals surface area contributed by atoms with Crippen molar-refractivity contribution < 1.29 is 9.59 Å². The maximum atomic E-state index is 11.9. The zero-order valence-electron chi connectivity index (χ0n) is 10.9. The van der Waals surface area contributed by atoms with Crippen molar-refractivity contribution in [3.8, 4) is 0 Å². The van der Waals surface area contributed by atoms with Gasteiger partial charge in [0, 0.05) is 19.0 Å². The van der Waals surface area contributed by atoms with Crippen molar-refractivity contribution in [3.05, 3.63) is 0 Å². The number of rotatable bonds is 6. The third-order valence-electron chi connectivity index (χ3n) is 3.27. The second-order valence-electron chi connectivity index (χ2n) is 4.95. The minimum absolute atomic E-state index is 0.0404. The number of hydrogen-bond acceptors (Lipinski definition) is 2. The molecule has 17 heavy (non-hydrogen) atoms. The Morgan fingerprint density at radius 2 is 2.29 bits per heavy atom. The summed E-state index contributed by atoms with van der Waals surface area (Å²) in [6, 6.07) is 0.242. The van der Waals surface area contributed by atoms with Gasteiger partial charge < -0.3 is 10.6 Å². The maximum Gasteiger partial charge on any atom is 0.225 e. The molecule has 1 heterocycles. The summed E-state index contributed by atoms with van der Waals surface area (Å²) in [4.78, 5) is 22.9. The smallest absolute Gasteiger partial charge is 0.225 e. The number of carbonyl (C=O) groups is 2. The average Bonchev–Trinajstić information content (AvgIpc) is 2.30. The van der Waals surface area contributed by atoms with E-state index in [1.807, 2.05) is 0 Å². The fourth-order valence-corrected chi connectivity index (χ4v) is 2.09. The fraction of sp³-hybridized carbons (Fsp3) is 0.846. The van der Waals surface area contributed by atoms with E-state index in [4.69, 9.17) is 0 Å². The van der Waals surface area contributed by atoms with E-state index in [0.29, 0.717) is 19.4 Å². The van der Waals surface area contributed by atoms with Gasteiger partial charge in [-0.25, -0.2) is 0 Å². The molecule has 0 aromatic rings. The van der Waals surface area contributed by atoms with Crippen LogP contribution in [0.5, 0.6) is 0 Å². The Hall–Kier alpha value is -1.06. The van der Waals surface area contributed by atoms with E-state index < -0.39 is 0 Å². The van der Waals surface area contributed by atoms with Crippen molar-refractivity contribution in [2.45, 2.75) is 58.4 Å². The van der Waals surface area contributed by atoms with Gasteiger partial charge in [-0.15, -0.1) is 0 Å². The molecule has 2 amide bonds. The largest absolute Gasteiger partial charge is 0.355 e. The van der Waals surface area contributed by atoms with Crippen LogP contribution in [0.25, 0.3) is 0 Å². The predicted octanol–water partition coefficient (Wildman–Crippen LogP) is 1.60. The van der Waals surface area contributed by atoms with Crippen molar-refractivity contribution >= 4 is 11.8 Å². The molecule has 0 saturated carbocycles. The standard InChI is InChI=1S/C13H24N2O2/c1-3-4-5-6-10(2)15-13(17)11-7-8-12(16)14-9-11/h10-11H,3-9H2,1-2H3,(H,14,16)(H,15,17). The second kappa shape index (κ2) is 7.30. The summed E-state index contributed by atoms with van der Waals surface area (Å²) in [5, 5.41) is 5.77. The van der Waals surface area contributed by atoms with Crippen LogP contribution in [-0.2, 0) is 9.59 Å². The van der Waals surface area contributed by atoms with Crippen LogP contribution in [0.15, 0.2) is 0 Å². The van der Waals surface area contributed by atoms with Crippen molar-refractivity contribution in [2.24, 2.45) is 5.92 Å². The molecule has 1 saturated heterocycles. The summed E-state index contributed by atoms with van der Waals surface area (Å²) in [5.41, 5.74) is 0. The molecule has 4 heteroatoms. The van der Waals surface area contributed by atoms with Crippen LogP contribution in [-0.4, -0.2) is 24.4 Å². The molecule has 2 unspecified atom stereocenters. The summed E-state index contributed by atoms with van der Waals surface area (Å²) in [5.74, 6) is 0.111. The van der Waals surface area contributed by atoms with Gasteiger partial charge >= 0.3 is 0 Å². The molecule has 0 aliphatic carbocycles. The molecule has 2 atom stereocenters. The lowest BCUT2D eigenvalue weighted by Gasteiger charge is -2.23. The lowest BCUT2D eigenvalue weighted by Crippen LogP contribution is -2.45. The first kappa shape index (κ1) is 14.0. The van der Waals surface area contributed by atoms with Crippen molar-refractivity contribution in [3.63, 3.8) is 0 Å². The SMILES string of the molecule is CCCCCC(C)NC(=O)C1CCC(=O)NC1. The minimum atomic E-state index is -0.0404. The number of piperidine rings is 1. The molecule has 4 nitrogen and oxygen atoms in total. The van der Waals surface area contributed by atoms with Gasteiger partial charge in [-0.1, -0.05) is 26.2 Å². The molecule has 98 valence electrons. The highest BCUT2D eigenvalue weighted by molar-refractivity contribution is 5.83. The van der Waals surface area contributed by atoms with Crippen LogP contribution in [0.2, 0.25) is 0 Å². The molecular formula is C13H24N2O2. The zero-order chi connectivity index (χ0) is 12.7. The number of amides is 2. The van der Waals surface area contributed by atoms with E-state index in [1.165, 1.54) is 19.3 Å². The Kier molecular flexibility index (Phi) is 6.01. The molecule has 0 spiro atoms. The molecule has 2 N–H and O–H groups in total. The monoisotopic (exact) mass is 240 g/mol.